The number of amides is 1. The van der Waals surface area contributed by atoms with Crippen molar-refractivity contribution in [3.05, 3.63) is 53.1 Å². The van der Waals surface area contributed by atoms with Gasteiger partial charge in [0.25, 0.3) is 0 Å². The van der Waals surface area contributed by atoms with E-state index in [1.807, 2.05) is 12.1 Å². The molecule has 1 aliphatic rings. The minimum atomic E-state index is -0.957. The molecule has 0 aromatic heterocycles. The minimum absolute atomic E-state index is 0.224. The molecule has 0 bridgehead atoms. The fourth-order valence-corrected chi connectivity index (χ4v) is 3.60. The third-order valence-corrected chi connectivity index (χ3v) is 4.93. The number of carbonyl (C=O) groups excluding carboxylic acids is 1. The maximum absolute atomic E-state index is 12.7. The first-order valence-electron chi connectivity index (χ1n) is 9.04. The van der Waals surface area contributed by atoms with Gasteiger partial charge in [-0.1, -0.05) is 18.2 Å². The molecule has 0 saturated heterocycles. The molecule has 2 aromatic carbocycles. The van der Waals surface area contributed by atoms with Gasteiger partial charge in [-0.2, -0.15) is 0 Å². The average molecular weight is 387 g/mol. The van der Waals surface area contributed by atoms with Crippen LogP contribution in [0.1, 0.15) is 35.8 Å². The van der Waals surface area contributed by atoms with Crippen molar-refractivity contribution in [2.24, 2.45) is 0 Å². The third kappa shape index (κ3) is 3.45. The maximum Gasteiger partial charge on any atom is 0.410 e. The zero-order chi connectivity index (χ0) is 20.3. The van der Waals surface area contributed by atoms with Crippen molar-refractivity contribution in [2.45, 2.75) is 25.6 Å². The highest BCUT2D eigenvalue weighted by molar-refractivity contribution is 5.70. The molecule has 2 atom stereocenters. The second-order valence-corrected chi connectivity index (χ2v) is 6.36. The first-order valence-corrected chi connectivity index (χ1v) is 9.04. The van der Waals surface area contributed by atoms with Crippen molar-refractivity contribution in [1.82, 2.24) is 4.90 Å². The molecule has 1 N–H and O–H groups in total. The number of fused-ring (bicyclic) bond motifs is 1. The minimum Gasteiger partial charge on any atom is -0.497 e. The van der Waals surface area contributed by atoms with E-state index in [9.17, 15) is 9.90 Å². The molecule has 1 amide bonds. The van der Waals surface area contributed by atoms with Crippen LogP contribution in [-0.2, 0) is 11.3 Å². The summed E-state index contributed by atoms with van der Waals surface area (Å²) in [5.74, 6) is 1.74. The molecule has 0 saturated carbocycles. The first kappa shape index (κ1) is 19.8. The normalized spacial score (nSPS) is 18.2. The highest BCUT2D eigenvalue weighted by Gasteiger charge is 2.40. The van der Waals surface area contributed by atoms with Gasteiger partial charge in [-0.25, -0.2) is 4.79 Å². The Morgan fingerprint density at radius 1 is 1.07 bits per heavy atom. The Balaban J connectivity index is 2.11. The van der Waals surface area contributed by atoms with Crippen LogP contribution < -0.4 is 14.2 Å². The molecule has 0 fully saturated rings. The summed E-state index contributed by atoms with van der Waals surface area (Å²) in [6, 6.07) is 10.2. The SMILES string of the molecule is CCOC(=O)N1Cc2c(ccc(OC)c2OC)C(O)C1c1ccc(OC)cc1. The number of hydrogen-bond donors (Lipinski definition) is 1. The van der Waals surface area contributed by atoms with E-state index < -0.39 is 18.2 Å². The van der Waals surface area contributed by atoms with Gasteiger partial charge in [0.05, 0.1) is 40.5 Å². The molecule has 3 rings (SSSR count). The van der Waals surface area contributed by atoms with Gasteiger partial charge in [-0.15, -0.1) is 0 Å². The lowest BCUT2D eigenvalue weighted by atomic mass is 9.86. The van der Waals surface area contributed by atoms with Crippen molar-refractivity contribution in [1.29, 1.82) is 0 Å². The van der Waals surface area contributed by atoms with Gasteiger partial charge in [0, 0.05) is 5.56 Å². The number of aliphatic hydroxyl groups is 1. The number of ether oxygens (including phenoxy) is 4. The van der Waals surface area contributed by atoms with E-state index in [1.165, 1.54) is 12.0 Å². The van der Waals surface area contributed by atoms with Crippen LogP contribution in [-0.4, -0.2) is 44.0 Å². The highest BCUT2D eigenvalue weighted by Crippen LogP contribution is 2.47. The van der Waals surface area contributed by atoms with Gasteiger partial charge in [0.2, 0.25) is 0 Å². The van der Waals surface area contributed by atoms with Gasteiger partial charge in [-0.05, 0) is 36.2 Å². The fourth-order valence-electron chi connectivity index (χ4n) is 3.60. The Kier molecular flexibility index (Phi) is 5.94. The van der Waals surface area contributed by atoms with Crippen LogP contribution in [0.4, 0.5) is 4.79 Å². The Hall–Kier alpha value is -2.93. The number of benzene rings is 2. The largest absolute Gasteiger partial charge is 0.497 e. The number of carbonyl (C=O) groups is 1. The molecule has 150 valence electrons. The smallest absolute Gasteiger partial charge is 0.410 e. The molecule has 0 radical (unpaired) electrons. The van der Waals surface area contributed by atoms with Crippen LogP contribution in [0, 0.1) is 0 Å². The van der Waals surface area contributed by atoms with Crippen molar-refractivity contribution in [3.63, 3.8) is 0 Å². The lowest BCUT2D eigenvalue weighted by Gasteiger charge is -2.40. The summed E-state index contributed by atoms with van der Waals surface area (Å²) in [5, 5.41) is 11.2. The molecule has 2 aromatic rings. The van der Waals surface area contributed by atoms with Crippen LogP contribution in [0.2, 0.25) is 0 Å². The lowest BCUT2D eigenvalue weighted by molar-refractivity contribution is 0.0174. The maximum atomic E-state index is 12.7. The number of methoxy groups -OCH3 is 3. The Labute approximate surface area is 164 Å². The van der Waals surface area contributed by atoms with E-state index in [0.29, 0.717) is 28.4 Å². The van der Waals surface area contributed by atoms with Crippen molar-refractivity contribution >= 4 is 6.09 Å². The van der Waals surface area contributed by atoms with E-state index in [4.69, 9.17) is 18.9 Å². The summed E-state index contributed by atoms with van der Waals surface area (Å²) >= 11 is 0. The Bertz CT molecular complexity index is 836. The summed E-state index contributed by atoms with van der Waals surface area (Å²) in [7, 11) is 4.67. The highest BCUT2D eigenvalue weighted by atomic mass is 16.6. The molecular formula is C21H25NO6. The van der Waals surface area contributed by atoms with E-state index >= 15 is 0 Å². The molecular weight excluding hydrogens is 362 g/mol. The molecule has 28 heavy (non-hydrogen) atoms. The molecule has 1 aliphatic heterocycles. The van der Waals surface area contributed by atoms with Gasteiger partial charge in [0.15, 0.2) is 11.5 Å². The monoisotopic (exact) mass is 387 g/mol. The predicted octanol–water partition coefficient (Wildman–Crippen LogP) is 3.46. The van der Waals surface area contributed by atoms with Crippen LogP contribution in [0.15, 0.2) is 36.4 Å². The Morgan fingerprint density at radius 2 is 1.79 bits per heavy atom. The number of nitrogens with zero attached hydrogens (tertiary/aromatic N) is 1. The summed E-state index contributed by atoms with van der Waals surface area (Å²) in [6.07, 6.45) is -1.46. The van der Waals surface area contributed by atoms with Gasteiger partial charge in [-0.3, -0.25) is 4.90 Å². The van der Waals surface area contributed by atoms with Crippen molar-refractivity contribution in [2.75, 3.05) is 27.9 Å². The molecule has 7 nitrogen and oxygen atoms in total. The molecule has 2 unspecified atom stereocenters. The third-order valence-electron chi connectivity index (χ3n) is 4.93. The van der Waals surface area contributed by atoms with Crippen LogP contribution in [0.5, 0.6) is 17.2 Å². The second kappa shape index (κ2) is 8.39. The van der Waals surface area contributed by atoms with E-state index in [-0.39, 0.29) is 13.2 Å². The van der Waals surface area contributed by atoms with Gasteiger partial charge >= 0.3 is 6.09 Å². The summed E-state index contributed by atoms with van der Waals surface area (Å²) in [4.78, 5) is 14.2. The molecule has 0 aliphatic carbocycles. The van der Waals surface area contributed by atoms with Gasteiger partial charge in [0.1, 0.15) is 11.9 Å². The Morgan fingerprint density at radius 3 is 2.36 bits per heavy atom. The summed E-state index contributed by atoms with van der Waals surface area (Å²) < 4.78 is 21.3. The van der Waals surface area contributed by atoms with Crippen LogP contribution >= 0.6 is 0 Å². The number of rotatable bonds is 5. The average Bonchev–Trinajstić information content (AvgIpc) is 2.73. The van der Waals surface area contributed by atoms with Crippen molar-refractivity contribution in [3.8, 4) is 17.2 Å². The molecule has 0 spiro atoms. The van der Waals surface area contributed by atoms with Crippen LogP contribution in [0.25, 0.3) is 0 Å². The summed E-state index contributed by atoms with van der Waals surface area (Å²) in [5.41, 5.74) is 2.17. The molecule has 1 heterocycles. The topological polar surface area (TPSA) is 77.5 Å². The fraction of sp³-hybridized carbons (Fsp3) is 0.381. The molecule has 7 heteroatoms. The zero-order valence-electron chi connectivity index (χ0n) is 16.5. The summed E-state index contributed by atoms with van der Waals surface area (Å²) in [6.45, 7) is 2.21. The quantitative estimate of drug-likeness (QED) is 0.847. The number of aliphatic hydroxyl groups excluding tert-OH is 1. The van der Waals surface area contributed by atoms with E-state index in [2.05, 4.69) is 0 Å². The number of hydrogen-bond acceptors (Lipinski definition) is 6. The van der Waals surface area contributed by atoms with Gasteiger partial charge < -0.3 is 24.1 Å². The second-order valence-electron chi connectivity index (χ2n) is 6.36. The predicted molar refractivity (Wildman–Crippen MR) is 103 cm³/mol. The van der Waals surface area contributed by atoms with Crippen molar-refractivity contribution < 1.29 is 28.8 Å². The van der Waals surface area contributed by atoms with E-state index in [0.717, 1.165) is 5.56 Å². The standard InChI is InChI=1S/C21H25NO6/c1-5-28-21(24)22-12-16-15(10-11-17(26-3)20(16)27-4)19(23)18(22)13-6-8-14(25-2)9-7-13/h6-11,18-19,23H,5,12H2,1-4H3. The first-order chi connectivity index (χ1) is 13.5. The zero-order valence-corrected chi connectivity index (χ0v) is 16.5. The van der Waals surface area contributed by atoms with Crippen LogP contribution in [0.3, 0.4) is 0 Å². The van der Waals surface area contributed by atoms with E-state index in [1.54, 1.807) is 45.4 Å². The lowest BCUT2D eigenvalue weighted by Crippen LogP contribution is -2.41.